The first-order valence-electron chi connectivity index (χ1n) is 6.37. The molecule has 108 valence electrons. The lowest BCUT2D eigenvalue weighted by Gasteiger charge is -2.07. The van der Waals surface area contributed by atoms with Crippen molar-refractivity contribution < 1.29 is 13.2 Å². The lowest BCUT2D eigenvalue weighted by molar-refractivity contribution is -0.137. The normalized spacial score (nSPS) is 13.4. The predicted molar refractivity (Wildman–Crippen MR) is 71.0 cm³/mol. The van der Waals surface area contributed by atoms with E-state index in [0.717, 1.165) is 24.2 Å². The fourth-order valence-electron chi connectivity index (χ4n) is 1.90. The quantitative estimate of drug-likeness (QED) is 0.903. The number of nitrogens with one attached hydrogen (secondary N) is 1. The molecule has 1 heterocycles. The number of nitrogens with two attached hydrogens (primary N) is 1. The zero-order valence-corrected chi connectivity index (χ0v) is 11.0. The second-order valence-electron chi connectivity index (χ2n) is 4.73. The van der Waals surface area contributed by atoms with Crippen molar-refractivity contribution >= 4 is 0 Å². The van der Waals surface area contributed by atoms with E-state index < -0.39 is 11.7 Å². The van der Waals surface area contributed by atoms with E-state index >= 15 is 0 Å². The molecule has 0 aliphatic heterocycles. The van der Waals surface area contributed by atoms with Crippen LogP contribution in [-0.2, 0) is 12.6 Å². The number of alkyl halides is 3. The summed E-state index contributed by atoms with van der Waals surface area (Å²) in [6, 6.07) is 6.89. The van der Waals surface area contributed by atoms with Crippen molar-refractivity contribution in [3.05, 3.63) is 41.6 Å². The number of aromatic amines is 1. The minimum Gasteiger partial charge on any atom is -0.327 e. The van der Waals surface area contributed by atoms with Crippen molar-refractivity contribution in [1.82, 2.24) is 10.2 Å². The summed E-state index contributed by atoms with van der Waals surface area (Å²) in [4.78, 5) is 0. The molecule has 1 aromatic heterocycles. The maximum atomic E-state index is 12.7. The van der Waals surface area contributed by atoms with Crippen LogP contribution in [0.15, 0.2) is 30.3 Å². The van der Waals surface area contributed by atoms with Crippen LogP contribution in [0.5, 0.6) is 0 Å². The number of rotatable bonds is 4. The van der Waals surface area contributed by atoms with Crippen molar-refractivity contribution in [1.29, 1.82) is 0 Å². The topological polar surface area (TPSA) is 54.7 Å². The van der Waals surface area contributed by atoms with E-state index in [4.69, 9.17) is 5.73 Å². The first kappa shape index (κ1) is 14.6. The van der Waals surface area contributed by atoms with E-state index in [-0.39, 0.29) is 6.04 Å². The highest BCUT2D eigenvalue weighted by atomic mass is 19.4. The number of nitrogens with zero attached hydrogens (tertiary/aromatic N) is 1. The Bertz CT molecular complexity index is 575. The molecular weight excluding hydrogens is 267 g/mol. The third-order valence-electron chi connectivity index (χ3n) is 3.12. The first-order valence-corrected chi connectivity index (χ1v) is 6.37. The van der Waals surface area contributed by atoms with E-state index in [1.165, 1.54) is 6.07 Å². The first-order chi connectivity index (χ1) is 9.40. The van der Waals surface area contributed by atoms with Crippen molar-refractivity contribution in [3.63, 3.8) is 0 Å². The van der Waals surface area contributed by atoms with E-state index in [0.29, 0.717) is 17.7 Å². The van der Waals surface area contributed by atoms with Gasteiger partial charge in [-0.1, -0.05) is 19.1 Å². The van der Waals surface area contributed by atoms with Gasteiger partial charge in [0.25, 0.3) is 0 Å². The molecule has 2 aromatic rings. The molecule has 0 radical (unpaired) electrons. The summed E-state index contributed by atoms with van der Waals surface area (Å²) >= 11 is 0. The van der Waals surface area contributed by atoms with E-state index in [1.54, 1.807) is 12.1 Å². The summed E-state index contributed by atoms with van der Waals surface area (Å²) in [5.41, 5.74) is 6.92. The van der Waals surface area contributed by atoms with Crippen molar-refractivity contribution in [3.8, 4) is 11.3 Å². The van der Waals surface area contributed by atoms with E-state index in [1.807, 2.05) is 6.92 Å². The molecule has 0 aliphatic carbocycles. The Morgan fingerprint density at radius 1 is 1.30 bits per heavy atom. The molecule has 0 spiro atoms. The lowest BCUT2D eigenvalue weighted by atomic mass is 10.1. The highest BCUT2D eigenvalue weighted by molar-refractivity contribution is 5.60. The van der Waals surface area contributed by atoms with Gasteiger partial charge in [0.15, 0.2) is 0 Å². The molecule has 1 aromatic carbocycles. The Hall–Kier alpha value is -1.82. The molecule has 1 atom stereocenters. The van der Waals surface area contributed by atoms with Gasteiger partial charge in [0.2, 0.25) is 0 Å². The fraction of sp³-hybridized carbons (Fsp3) is 0.357. The number of halogens is 3. The van der Waals surface area contributed by atoms with E-state index in [9.17, 15) is 13.2 Å². The van der Waals surface area contributed by atoms with Crippen molar-refractivity contribution in [2.45, 2.75) is 32.0 Å². The van der Waals surface area contributed by atoms with Crippen LogP contribution in [0.3, 0.4) is 0 Å². The van der Waals surface area contributed by atoms with Crippen molar-refractivity contribution in [2.24, 2.45) is 5.73 Å². The monoisotopic (exact) mass is 283 g/mol. The molecule has 1 unspecified atom stereocenters. The molecule has 0 fully saturated rings. The second-order valence-corrected chi connectivity index (χ2v) is 4.73. The Balaban J connectivity index is 2.24. The van der Waals surface area contributed by atoms with Gasteiger partial charge in [-0.05, 0) is 24.6 Å². The molecule has 3 N–H and O–H groups in total. The average Bonchev–Trinajstić information content (AvgIpc) is 2.86. The van der Waals surface area contributed by atoms with Gasteiger partial charge < -0.3 is 5.73 Å². The van der Waals surface area contributed by atoms with Gasteiger partial charge in [-0.3, -0.25) is 5.10 Å². The number of benzene rings is 1. The molecule has 2 rings (SSSR count). The van der Waals surface area contributed by atoms with Crippen LogP contribution >= 0.6 is 0 Å². The van der Waals surface area contributed by atoms with E-state index in [2.05, 4.69) is 10.2 Å². The van der Waals surface area contributed by atoms with Gasteiger partial charge in [0.1, 0.15) is 0 Å². The smallest absolute Gasteiger partial charge is 0.327 e. The van der Waals surface area contributed by atoms with Gasteiger partial charge in [-0.15, -0.1) is 0 Å². The minimum atomic E-state index is -4.35. The molecule has 0 amide bonds. The van der Waals surface area contributed by atoms with Gasteiger partial charge in [0, 0.05) is 23.7 Å². The number of H-pyrrole nitrogens is 1. The molecule has 20 heavy (non-hydrogen) atoms. The van der Waals surface area contributed by atoms with Crippen LogP contribution in [-0.4, -0.2) is 16.2 Å². The molecule has 3 nitrogen and oxygen atoms in total. The molecule has 0 saturated carbocycles. The van der Waals surface area contributed by atoms with Crippen LogP contribution < -0.4 is 5.73 Å². The summed E-state index contributed by atoms with van der Waals surface area (Å²) in [5, 5.41) is 6.87. The summed E-state index contributed by atoms with van der Waals surface area (Å²) in [6.45, 7) is 1.98. The van der Waals surface area contributed by atoms with Gasteiger partial charge in [-0.2, -0.15) is 18.3 Å². The summed E-state index contributed by atoms with van der Waals surface area (Å²) in [6.07, 6.45) is -2.89. The standard InChI is InChI=1S/C14H16F3N3/c1-2-11(18)7-12-8-13(20-19-12)9-4-3-5-10(6-9)14(15,16)17/h3-6,8,11H,2,7,18H2,1H3,(H,19,20). The highest BCUT2D eigenvalue weighted by Gasteiger charge is 2.30. The van der Waals surface area contributed by atoms with Gasteiger partial charge in [-0.25, -0.2) is 0 Å². The van der Waals surface area contributed by atoms with Crippen molar-refractivity contribution in [2.75, 3.05) is 0 Å². The summed E-state index contributed by atoms with van der Waals surface area (Å²) < 4.78 is 38.0. The largest absolute Gasteiger partial charge is 0.416 e. The number of aromatic nitrogens is 2. The Kier molecular flexibility index (Phi) is 4.13. The zero-order chi connectivity index (χ0) is 14.8. The third kappa shape index (κ3) is 3.39. The second kappa shape index (κ2) is 5.66. The van der Waals surface area contributed by atoms with Crippen LogP contribution in [0, 0.1) is 0 Å². The average molecular weight is 283 g/mol. The fourth-order valence-corrected chi connectivity index (χ4v) is 1.90. The number of hydrogen-bond acceptors (Lipinski definition) is 2. The Morgan fingerprint density at radius 3 is 2.70 bits per heavy atom. The molecular formula is C14H16F3N3. The highest BCUT2D eigenvalue weighted by Crippen LogP contribution is 2.31. The number of hydrogen-bond donors (Lipinski definition) is 2. The Labute approximate surface area is 115 Å². The van der Waals surface area contributed by atoms with Crippen LogP contribution in [0.1, 0.15) is 24.6 Å². The third-order valence-corrected chi connectivity index (χ3v) is 3.12. The maximum absolute atomic E-state index is 12.7. The predicted octanol–water partition coefficient (Wildman–Crippen LogP) is 3.38. The summed E-state index contributed by atoms with van der Waals surface area (Å²) in [5.74, 6) is 0. The SMILES string of the molecule is CCC(N)Cc1cc(-c2cccc(C(F)(F)F)c2)n[nH]1. The summed E-state index contributed by atoms with van der Waals surface area (Å²) in [7, 11) is 0. The van der Waals surface area contributed by atoms with Gasteiger partial charge in [0.05, 0.1) is 11.3 Å². The minimum absolute atomic E-state index is 0.0183. The zero-order valence-electron chi connectivity index (χ0n) is 11.0. The van der Waals surface area contributed by atoms with Gasteiger partial charge >= 0.3 is 6.18 Å². The Morgan fingerprint density at radius 2 is 2.05 bits per heavy atom. The molecule has 0 aliphatic rings. The molecule has 0 bridgehead atoms. The van der Waals surface area contributed by atoms with Crippen LogP contribution in [0.4, 0.5) is 13.2 Å². The van der Waals surface area contributed by atoms with Crippen LogP contribution in [0.25, 0.3) is 11.3 Å². The maximum Gasteiger partial charge on any atom is 0.416 e. The van der Waals surface area contributed by atoms with Crippen LogP contribution in [0.2, 0.25) is 0 Å². The lowest BCUT2D eigenvalue weighted by Crippen LogP contribution is -2.21. The molecule has 6 heteroatoms. The molecule has 0 saturated heterocycles.